The zero-order valence-electron chi connectivity index (χ0n) is 33.8. The van der Waals surface area contributed by atoms with Gasteiger partial charge in [0.25, 0.3) is 0 Å². The second-order valence-electron chi connectivity index (χ2n) is 16.1. The molecule has 0 amide bonds. The maximum Gasteiger partial charge on any atom is 0.303 e. The van der Waals surface area contributed by atoms with E-state index in [1.54, 1.807) is 0 Å². The second kappa shape index (κ2) is 44.1. The van der Waals surface area contributed by atoms with Gasteiger partial charge >= 0.3 is 11.9 Å². The Bertz CT molecular complexity index is 607. The van der Waals surface area contributed by atoms with E-state index in [0.717, 1.165) is 25.7 Å². The molecule has 4 nitrogen and oxygen atoms in total. The average Bonchev–Trinajstić information content (AvgIpc) is 3.10. The Labute approximate surface area is 313 Å². The summed E-state index contributed by atoms with van der Waals surface area (Å²) in [7, 11) is 0. The highest BCUT2D eigenvalue weighted by Gasteiger charge is 2.00. The predicted octanol–water partition coefficient (Wildman–Crippen LogP) is 16.3. The van der Waals surface area contributed by atoms with Gasteiger partial charge < -0.3 is 10.2 Å². The lowest BCUT2D eigenvalue weighted by molar-refractivity contribution is -0.138. The van der Waals surface area contributed by atoms with Crippen LogP contribution in [-0.2, 0) is 9.59 Å². The van der Waals surface area contributed by atoms with E-state index in [4.69, 9.17) is 10.2 Å². The Balaban J connectivity index is 3.06. The fraction of sp³-hybridized carbons (Fsp3) is 0.957. The molecule has 0 saturated carbocycles. The highest BCUT2D eigenvalue weighted by molar-refractivity contribution is 5.66. The van der Waals surface area contributed by atoms with E-state index < -0.39 is 11.9 Å². The van der Waals surface area contributed by atoms with Crippen molar-refractivity contribution >= 4 is 11.9 Å². The van der Waals surface area contributed by atoms with Crippen LogP contribution in [0.1, 0.15) is 283 Å². The number of carboxylic acids is 2. The van der Waals surface area contributed by atoms with Gasteiger partial charge in [-0.05, 0) is 12.8 Å². The maximum absolute atomic E-state index is 10.5. The maximum atomic E-state index is 10.5. The molecule has 0 bridgehead atoms. The third kappa shape index (κ3) is 46.9. The van der Waals surface area contributed by atoms with Crippen molar-refractivity contribution in [2.75, 3.05) is 0 Å². The average molecular weight is 707 g/mol. The van der Waals surface area contributed by atoms with E-state index in [9.17, 15) is 9.59 Å². The van der Waals surface area contributed by atoms with Crippen LogP contribution >= 0.6 is 0 Å². The smallest absolute Gasteiger partial charge is 0.303 e. The normalized spacial score (nSPS) is 11.4. The largest absolute Gasteiger partial charge is 0.481 e. The molecule has 0 unspecified atom stereocenters. The molecule has 0 aromatic heterocycles. The summed E-state index contributed by atoms with van der Waals surface area (Å²) in [6, 6.07) is 0. The molecule has 0 aromatic rings. The van der Waals surface area contributed by atoms with Gasteiger partial charge in [-0.2, -0.15) is 0 Å². The minimum absolute atomic E-state index is 0.342. The summed E-state index contributed by atoms with van der Waals surface area (Å²) >= 11 is 0. The summed E-state index contributed by atoms with van der Waals surface area (Å²) in [5.74, 6) is -1.30. The number of carboxylic acid groups (broad SMARTS) is 2. The van der Waals surface area contributed by atoms with Crippen molar-refractivity contribution in [3.05, 3.63) is 0 Å². The predicted molar refractivity (Wildman–Crippen MR) is 218 cm³/mol. The minimum Gasteiger partial charge on any atom is -0.481 e. The van der Waals surface area contributed by atoms with Gasteiger partial charge in [-0.15, -0.1) is 0 Å². The summed E-state index contributed by atoms with van der Waals surface area (Å²) in [5, 5.41) is 17.3. The Morgan fingerprint density at radius 3 is 0.340 bits per heavy atom. The highest BCUT2D eigenvalue weighted by atomic mass is 16.4. The first-order valence-electron chi connectivity index (χ1n) is 23.1. The zero-order chi connectivity index (χ0) is 36.3. The van der Waals surface area contributed by atoms with Crippen LogP contribution in [0.3, 0.4) is 0 Å². The van der Waals surface area contributed by atoms with Crippen molar-refractivity contribution in [1.29, 1.82) is 0 Å². The SMILES string of the molecule is O=C(O)CCCCCCCCCCCCCCCCCCCCCCCCCCCCCCCCCCCCCCCCCCCCC(=O)O. The van der Waals surface area contributed by atoms with Crippen molar-refractivity contribution in [1.82, 2.24) is 0 Å². The summed E-state index contributed by atoms with van der Waals surface area (Å²) in [6.07, 6.45) is 58.3. The molecule has 0 spiro atoms. The summed E-state index contributed by atoms with van der Waals surface area (Å²) in [6.45, 7) is 0. The molecule has 0 aliphatic rings. The fourth-order valence-electron chi connectivity index (χ4n) is 7.62. The number of aliphatic carboxylic acids is 2. The topological polar surface area (TPSA) is 74.6 Å². The second-order valence-corrected chi connectivity index (χ2v) is 16.1. The van der Waals surface area contributed by atoms with E-state index in [-0.39, 0.29) is 0 Å². The van der Waals surface area contributed by atoms with Crippen molar-refractivity contribution in [3.63, 3.8) is 0 Å². The highest BCUT2D eigenvalue weighted by Crippen LogP contribution is 2.18. The van der Waals surface area contributed by atoms with Gasteiger partial charge in [0.15, 0.2) is 0 Å². The van der Waals surface area contributed by atoms with E-state index in [1.807, 2.05) is 0 Å². The molecule has 0 heterocycles. The Morgan fingerprint density at radius 1 is 0.180 bits per heavy atom. The molecule has 50 heavy (non-hydrogen) atoms. The fourth-order valence-corrected chi connectivity index (χ4v) is 7.62. The lowest BCUT2D eigenvalue weighted by Gasteiger charge is -2.05. The first-order valence-corrected chi connectivity index (χ1v) is 23.1. The Kier molecular flexibility index (Phi) is 43.2. The molecular weight excluding hydrogens is 617 g/mol. The zero-order valence-corrected chi connectivity index (χ0v) is 33.8. The van der Waals surface area contributed by atoms with E-state index in [0.29, 0.717) is 12.8 Å². The van der Waals surface area contributed by atoms with Crippen molar-refractivity contribution in [2.45, 2.75) is 283 Å². The van der Waals surface area contributed by atoms with Gasteiger partial charge in [-0.25, -0.2) is 0 Å². The van der Waals surface area contributed by atoms with Crippen LogP contribution in [0.5, 0.6) is 0 Å². The Hall–Kier alpha value is -1.06. The first-order chi connectivity index (χ1) is 24.6. The van der Waals surface area contributed by atoms with Crippen LogP contribution in [0.4, 0.5) is 0 Å². The van der Waals surface area contributed by atoms with Gasteiger partial charge in [-0.3, -0.25) is 9.59 Å². The van der Waals surface area contributed by atoms with Gasteiger partial charge in [0, 0.05) is 12.8 Å². The first kappa shape index (κ1) is 48.9. The van der Waals surface area contributed by atoms with Gasteiger partial charge in [0.2, 0.25) is 0 Å². The third-order valence-corrected chi connectivity index (χ3v) is 11.0. The summed E-state index contributed by atoms with van der Waals surface area (Å²) in [4.78, 5) is 21.0. The van der Waals surface area contributed by atoms with Crippen molar-refractivity contribution in [3.8, 4) is 0 Å². The molecule has 0 rings (SSSR count). The molecule has 0 atom stereocenters. The quantitative estimate of drug-likeness (QED) is 0.0618. The minimum atomic E-state index is -0.651. The monoisotopic (exact) mass is 707 g/mol. The molecule has 0 saturated heterocycles. The molecule has 0 aliphatic heterocycles. The van der Waals surface area contributed by atoms with Crippen molar-refractivity contribution < 1.29 is 19.8 Å². The molecule has 0 radical (unpaired) electrons. The van der Waals surface area contributed by atoms with Crippen LogP contribution in [0, 0.1) is 0 Å². The molecule has 0 aliphatic carbocycles. The van der Waals surface area contributed by atoms with Crippen molar-refractivity contribution in [2.24, 2.45) is 0 Å². The van der Waals surface area contributed by atoms with Gasteiger partial charge in [0.1, 0.15) is 0 Å². The van der Waals surface area contributed by atoms with Crippen LogP contribution in [-0.4, -0.2) is 22.2 Å². The molecular formula is C46H90O4. The number of hydrogen-bond donors (Lipinski definition) is 2. The lowest BCUT2D eigenvalue weighted by atomic mass is 10.0. The Morgan fingerprint density at radius 2 is 0.260 bits per heavy atom. The lowest BCUT2D eigenvalue weighted by Crippen LogP contribution is -1.93. The van der Waals surface area contributed by atoms with Crippen LogP contribution in [0.15, 0.2) is 0 Å². The van der Waals surface area contributed by atoms with E-state index in [2.05, 4.69) is 0 Å². The van der Waals surface area contributed by atoms with Crippen LogP contribution in [0.2, 0.25) is 0 Å². The number of unbranched alkanes of at least 4 members (excludes halogenated alkanes) is 41. The molecule has 0 aromatic carbocycles. The number of hydrogen-bond acceptors (Lipinski definition) is 2. The summed E-state index contributed by atoms with van der Waals surface area (Å²) < 4.78 is 0. The molecule has 0 fully saturated rings. The molecule has 298 valence electrons. The van der Waals surface area contributed by atoms with Crippen LogP contribution < -0.4 is 0 Å². The van der Waals surface area contributed by atoms with E-state index in [1.165, 1.54) is 244 Å². The number of rotatable bonds is 45. The van der Waals surface area contributed by atoms with Gasteiger partial charge in [-0.1, -0.05) is 257 Å². The van der Waals surface area contributed by atoms with Crippen LogP contribution in [0.25, 0.3) is 0 Å². The molecule has 4 heteroatoms. The number of carbonyl (C=O) groups is 2. The van der Waals surface area contributed by atoms with E-state index >= 15 is 0 Å². The third-order valence-electron chi connectivity index (χ3n) is 11.0. The van der Waals surface area contributed by atoms with Gasteiger partial charge in [0.05, 0.1) is 0 Å². The standard InChI is InChI=1S/C46H90O4/c47-45(48)43-41-39-37-35-33-31-29-27-25-23-21-19-17-15-13-11-9-7-5-3-1-2-4-6-8-10-12-14-16-18-20-22-24-26-28-30-32-34-36-38-40-42-44-46(49)50/h1-44H2,(H,47,48)(H,49,50). The summed E-state index contributed by atoms with van der Waals surface area (Å²) in [5.41, 5.74) is 0. The molecule has 2 N–H and O–H groups in total.